The number of amides is 1. The molecule has 146 valence electrons. The first kappa shape index (κ1) is 20.1. The van der Waals surface area contributed by atoms with Crippen LogP contribution in [0.3, 0.4) is 0 Å². The van der Waals surface area contributed by atoms with Crippen LogP contribution in [0.2, 0.25) is 0 Å². The van der Waals surface area contributed by atoms with Gasteiger partial charge in [-0.25, -0.2) is 4.98 Å². The van der Waals surface area contributed by atoms with Crippen molar-refractivity contribution in [3.05, 3.63) is 66.6 Å². The van der Waals surface area contributed by atoms with E-state index in [9.17, 15) is 4.79 Å². The minimum atomic E-state index is -0.185. The first-order chi connectivity index (χ1) is 13.7. The lowest BCUT2D eigenvalue weighted by Crippen LogP contribution is -2.27. The molecule has 3 rings (SSSR count). The van der Waals surface area contributed by atoms with Crippen LogP contribution in [0.1, 0.15) is 24.2 Å². The van der Waals surface area contributed by atoms with Gasteiger partial charge in [0.05, 0.1) is 24.0 Å². The number of anilines is 1. The Kier molecular flexibility index (Phi) is 7.22. The van der Waals surface area contributed by atoms with E-state index in [4.69, 9.17) is 0 Å². The number of aromatic nitrogens is 3. The molecule has 1 amide bonds. The van der Waals surface area contributed by atoms with Crippen molar-refractivity contribution in [2.45, 2.75) is 30.3 Å². The second-order valence-electron chi connectivity index (χ2n) is 6.24. The molecule has 1 N–H and O–H groups in total. The van der Waals surface area contributed by atoms with Crippen LogP contribution >= 0.6 is 11.8 Å². The molecule has 0 unspecified atom stereocenters. The van der Waals surface area contributed by atoms with Gasteiger partial charge in [0, 0.05) is 23.8 Å². The number of likely N-dealkylation sites (N-methyl/N-ethyl adjacent to an activating group) is 1. The fourth-order valence-corrected chi connectivity index (χ4v) is 3.68. The first-order valence-corrected chi connectivity index (χ1v) is 10.2. The lowest BCUT2D eigenvalue weighted by atomic mass is 10.2. The Hall–Kier alpha value is -2.64. The van der Waals surface area contributed by atoms with E-state index in [1.165, 1.54) is 11.8 Å². The summed E-state index contributed by atoms with van der Waals surface area (Å²) in [6.07, 6.45) is 5.25. The molecule has 2 aromatic heterocycles. The standard InChI is InChI=1S/C21H25N5OS/c1-3-25(4-2)13-14-26-16-17(15-23-26)24-20(27)19-11-8-12-22-21(19)28-18-9-6-5-7-10-18/h5-12,15-16H,3-4,13-14H2,1-2H3,(H,24,27). The lowest BCUT2D eigenvalue weighted by molar-refractivity contribution is 0.102. The molecule has 0 aliphatic rings. The first-order valence-electron chi connectivity index (χ1n) is 9.43. The SMILES string of the molecule is CCN(CC)CCn1cc(NC(=O)c2cccnc2Sc2ccccc2)cn1. The predicted octanol–water partition coefficient (Wildman–Crippen LogP) is 4.02. The fraction of sp³-hybridized carbons (Fsp3) is 0.286. The highest BCUT2D eigenvalue weighted by atomic mass is 32.2. The molecule has 0 spiro atoms. The van der Waals surface area contributed by atoms with Gasteiger partial charge in [-0.05, 0) is 37.4 Å². The van der Waals surface area contributed by atoms with Crippen molar-refractivity contribution >= 4 is 23.4 Å². The topological polar surface area (TPSA) is 63.0 Å². The van der Waals surface area contributed by atoms with E-state index in [0.717, 1.165) is 31.1 Å². The van der Waals surface area contributed by atoms with Gasteiger partial charge in [-0.1, -0.05) is 43.8 Å². The smallest absolute Gasteiger partial charge is 0.258 e. The summed E-state index contributed by atoms with van der Waals surface area (Å²) < 4.78 is 1.86. The van der Waals surface area contributed by atoms with Crippen LogP contribution in [0.25, 0.3) is 0 Å². The van der Waals surface area contributed by atoms with Crippen molar-refractivity contribution in [2.75, 3.05) is 25.0 Å². The zero-order valence-corrected chi connectivity index (χ0v) is 17.0. The molecule has 28 heavy (non-hydrogen) atoms. The largest absolute Gasteiger partial charge is 0.319 e. The van der Waals surface area contributed by atoms with E-state index in [0.29, 0.717) is 16.3 Å². The summed E-state index contributed by atoms with van der Waals surface area (Å²) in [6, 6.07) is 13.5. The van der Waals surface area contributed by atoms with Crippen molar-refractivity contribution in [1.29, 1.82) is 0 Å². The Morgan fingerprint density at radius 2 is 1.93 bits per heavy atom. The van der Waals surface area contributed by atoms with E-state index >= 15 is 0 Å². The summed E-state index contributed by atoms with van der Waals surface area (Å²) in [5.74, 6) is -0.185. The number of hydrogen-bond donors (Lipinski definition) is 1. The normalized spacial score (nSPS) is 11.0. The van der Waals surface area contributed by atoms with Crippen LogP contribution in [-0.2, 0) is 6.54 Å². The van der Waals surface area contributed by atoms with Crippen molar-refractivity contribution in [2.24, 2.45) is 0 Å². The highest BCUT2D eigenvalue weighted by molar-refractivity contribution is 7.99. The van der Waals surface area contributed by atoms with Crippen LogP contribution in [-0.4, -0.2) is 45.2 Å². The molecule has 0 bridgehead atoms. The van der Waals surface area contributed by atoms with Crippen LogP contribution in [0.5, 0.6) is 0 Å². The summed E-state index contributed by atoms with van der Waals surface area (Å²) in [5.41, 5.74) is 1.23. The van der Waals surface area contributed by atoms with Gasteiger partial charge >= 0.3 is 0 Å². The molecule has 7 heteroatoms. The minimum absolute atomic E-state index is 0.185. The second-order valence-corrected chi connectivity index (χ2v) is 7.31. The molecular formula is C21H25N5OS. The number of hydrogen-bond acceptors (Lipinski definition) is 5. The highest BCUT2D eigenvalue weighted by Gasteiger charge is 2.14. The van der Waals surface area contributed by atoms with Crippen molar-refractivity contribution in [3.8, 4) is 0 Å². The van der Waals surface area contributed by atoms with E-state index in [2.05, 4.69) is 34.1 Å². The van der Waals surface area contributed by atoms with Gasteiger partial charge in [0.15, 0.2) is 0 Å². The number of rotatable bonds is 9. The van der Waals surface area contributed by atoms with Crippen LogP contribution in [0.15, 0.2) is 71.0 Å². The number of carbonyl (C=O) groups excluding carboxylic acids is 1. The van der Waals surface area contributed by atoms with E-state index in [-0.39, 0.29) is 5.91 Å². The molecule has 1 aromatic carbocycles. The van der Waals surface area contributed by atoms with Gasteiger partial charge in [0.2, 0.25) is 0 Å². The third-order valence-electron chi connectivity index (χ3n) is 4.40. The maximum absolute atomic E-state index is 12.8. The van der Waals surface area contributed by atoms with Gasteiger partial charge < -0.3 is 10.2 Å². The zero-order chi connectivity index (χ0) is 19.8. The van der Waals surface area contributed by atoms with Gasteiger partial charge in [0.25, 0.3) is 5.91 Å². The van der Waals surface area contributed by atoms with Gasteiger partial charge in [0.1, 0.15) is 5.03 Å². The van der Waals surface area contributed by atoms with Crippen LogP contribution < -0.4 is 5.32 Å². The van der Waals surface area contributed by atoms with Gasteiger partial charge in [-0.3, -0.25) is 9.48 Å². The summed E-state index contributed by atoms with van der Waals surface area (Å²) in [5, 5.41) is 7.96. The maximum atomic E-state index is 12.8. The molecule has 0 fully saturated rings. The molecule has 2 heterocycles. The Balaban J connectivity index is 1.65. The number of nitrogens with one attached hydrogen (secondary N) is 1. The van der Waals surface area contributed by atoms with Crippen molar-refractivity contribution in [3.63, 3.8) is 0 Å². The van der Waals surface area contributed by atoms with E-state index in [1.54, 1.807) is 24.5 Å². The average molecular weight is 396 g/mol. The van der Waals surface area contributed by atoms with Crippen LogP contribution in [0, 0.1) is 0 Å². The van der Waals surface area contributed by atoms with Crippen molar-refractivity contribution in [1.82, 2.24) is 19.7 Å². The summed E-state index contributed by atoms with van der Waals surface area (Å²) in [4.78, 5) is 20.5. The zero-order valence-electron chi connectivity index (χ0n) is 16.2. The molecule has 0 aliphatic carbocycles. The Labute approximate surface area is 170 Å². The number of carbonyl (C=O) groups is 1. The predicted molar refractivity (Wildman–Crippen MR) is 113 cm³/mol. The Bertz CT molecular complexity index is 893. The number of nitrogens with zero attached hydrogens (tertiary/aromatic N) is 4. The Morgan fingerprint density at radius 1 is 1.14 bits per heavy atom. The maximum Gasteiger partial charge on any atom is 0.258 e. The third-order valence-corrected chi connectivity index (χ3v) is 5.43. The molecule has 0 saturated heterocycles. The molecule has 6 nitrogen and oxygen atoms in total. The van der Waals surface area contributed by atoms with Crippen molar-refractivity contribution < 1.29 is 4.79 Å². The molecule has 0 atom stereocenters. The quantitative estimate of drug-likeness (QED) is 0.593. The van der Waals surface area contributed by atoms with Crippen LogP contribution in [0.4, 0.5) is 5.69 Å². The van der Waals surface area contributed by atoms with Gasteiger partial charge in [-0.15, -0.1) is 0 Å². The molecule has 0 radical (unpaired) electrons. The lowest BCUT2D eigenvalue weighted by Gasteiger charge is -2.17. The third kappa shape index (κ3) is 5.43. The van der Waals surface area contributed by atoms with E-state index in [1.807, 2.05) is 41.2 Å². The molecular weight excluding hydrogens is 370 g/mol. The summed E-state index contributed by atoms with van der Waals surface area (Å²) in [6.45, 7) is 8.06. The second kappa shape index (κ2) is 10.1. The summed E-state index contributed by atoms with van der Waals surface area (Å²) in [7, 11) is 0. The van der Waals surface area contributed by atoms with E-state index < -0.39 is 0 Å². The fourth-order valence-electron chi connectivity index (χ4n) is 2.78. The number of pyridine rings is 1. The monoisotopic (exact) mass is 395 g/mol. The average Bonchev–Trinajstić information content (AvgIpc) is 3.17. The minimum Gasteiger partial charge on any atom is -0.319 e. The highest BCUT2D eigenvalue weighted by Crippen LogP contribution is 2.28. The summed E-state index contributed by atoms with van der Waals surface area (Å²) >= 11 is 1.48. The molecule has 0 aliphatic heterocycles. The molecule has 3 aromatic rings. The van der Waals surface area contributed by atoms with Gasteiger partial charge in [-0.2, -0.15) is 5.10 Å². The Morgan fingerprint density at radius 3 is 2.68 bits per heavy atom. The number of benzene rings is 1. The molecule has 0 saturated carbocycles.